The molecule has 1 saturated carbocycles. The Kier molecular flexibility index (Phi) is 4.13. The Bertz CT molecular complexity index is 573. The van der Waals surface area contributed by atoms with Crippen LogP contribution in [-0.4, -0.2) is 9.55 Å². The highest BCUT2D eigenvalue weighted by molar-refractivity contribution is 9.10. The van der Waals surface area contributed by atoms with Crippen LogP contribution in [0.1, 0.15) is 37.9 Å². The van der Waals surface area contributed by atoms with Gasteiger partial charge >= 0.3 is 0 Å². The zero-order chi connectivity index (χ0) is 13.2. The van der Waals surface area contributed by atoms with E-state index in [0.717, 1.165) is 28.3 Å². The second kappa shape index (κ2) is 5.84. The molecule has 3 rings (SSSR count). The van der Waals surface area contributed by atoms with Gasteiger partial charge in [0.15, 0.2) is 0 Å². The van der Waals surface area contributed by atoms with Gasteiger partial charge < -0.3 is 4.57 Å². The molecule has 1 heterocycles. The first-order chi connectivity index (χ1) is 9.28. The largest absolute Gasteiger partial charge is 0.327 e. The van der Waals surface area contributed by atoms with Gasteiger partial charge in [-0.25, -0.2) is 4.98 Å². The van der Waals surface area contributed by atoms with E-state index >= 15 is 0 Å². The molecule has 0 radical (unpaired) electrons. The molecule has 0 spiro atoms. The normalized spacial score (nSPS) is 17.2. The molecule has 0 atom stereocenters. The summed E-state index contributed by atoms with van der Waals surface area (Å²) in [6.07, 6.45) is 6.83. The Morgan fingerprint density at radius 3 is 2.79 bits per heavy atom. The highest BCUT2D eigenvalue weighted by Crippen LogP contribution is 2.28. The topological polar surface area (TPSA) is 17.8 Å². The van der Waals surface area contributed by atoms with Gasteiger partial charge in [0.1, 0.15) is 5.82 Å². The monoisotopic (exact) mass is 340 g/mol. The second-order valence-electron chi connectivity index (χ2n) is 5.41. The van der Waals surface area contributed by atoms with E-state index in [4.69, 9.17) is 11.6 Å². The molecule has 0 saturated heterocycles. The molecule has 0 aliphatic heterocycles. The molecular formula is C15H18BrClN2. The van der Waals surface area contributed by atoms with E-state index in [1.54, 1.807) is 0 Å². The van der Waals surface area contributed by atoms with E-state index in [1.807, 2.05) is 6.07 Å². The first-order valence-electron chi connectivity index (χ1n) is 6.98. The average Bonchev–Trinajstić information content (AvgIpc) is 2.78. The Morgan fingerprint density at radius 1 is 1.26 bits per heavy atom. The van der Waals surface area contributed by atoms with Gasteiger partial charge in [0.05, 0.1) is 16.9 Å². The van der Waals surface area contributed by atoms with Crippen molar-refractivity contribution in [2.75, 3.05) is 0 Å². The van der Waals surface area contributed by atoms with Crippen molar-refractivity contribution in [2.24, 2.45) is 5.92 Å². The average molecular weight is 342 g/mol. The fourth-order valence-corrected chi connectivity index (χ4v) is 3.63. The number of fused-ring (bicyclic) bond motifs is 1. The quantitative estimate of drug-likeness (QED) is 0.709. The summed E-state index contributed by atoms with van der Waals surface area (Å²) in [7, 11) is 0. The summed E-state index contributed by atoms with van der Waals surface area (Å²) in [5, 5.41) is 0. The van der Waals surface area contributed by atoms with Crippen LogP contribution >= 0.6 is 27.5 Å². The molecule has 2 nitrogen and oxygen atoms in total. The summed E-state index contributed by atoms with van der Waals surface area (Å²) in [6.45, 7) is 1.06. The molecule has 1 aromatic carbocycles. The maximum Gasteiger partial charge on any atom is 0.124 e. The van der Waals surface area contributed by atoms with Crippen LogP contribution in [0.15, 0.2) is 22.7 Å². The van der Waals surface area contributed by atoms with Crippen LogP contribution in [0.2, 0.25) is 0 Å². The highest BCUT2D eigenvalue weighted by atomic mass is 79.9. The predicted molar refractivity (Wildman–Crippen MR) is 83.6 cm³/mol. The van der Waals surface area contributed by atoms with Crippen molar-refractivity contribution < 1.29 is 0 Å². The second-order valence-corrected chi connectivity index (χ2v) is 6.59. The molecule has 0 bridgehead atoms. The number of hydrogen-bond donors (Lipinski definition) is 0. The lowest BCUT2D eigenvalue weighted by Crippen LogP contribution is -2.15. The summed E-state index contributed by atoms with van der Waals surface area (Å²) < 4.78 is 3.43. The number of halogens is 2. The third kappa shape index (κ3) is 2.82. The highest BCUT2D eigenvalue weighted by Gasteiger charge is 2.17. The van der Waals surface area contributed by atoms with Crippen LogP contribution in [0.5, 0.6) is 0 Å². The number of imidazole rings is 1. The Hall–Kier alpha value is -0.540. The van der Waals surface area contributed by atoms with E-state index in [2.05, 4.69) is 37.6 Å². The van der Waals surface area contributed by atoms with Crippen molar-refractivity contribution in [1.82, 2.24) is 9.55 Å². The lowest BCUT2D eigenvalue weighted by molar-refractivity contribution is 0.320. The van der Waals surface area contributed by atoms with Gasteiger partial charge in [-0.15, -0.1) is 11.6 Å². The van der Waals surface area contributed by atoms with Crippen molar-refractivity contribution in [3.8, 4) is 0 Å². The van der Waals surface area contributed by atoms with Crippen molar-refractivity contribution in [3.63, 3.8) is 0 Å². The Morgan fingerprint density at radius 2 is 2.05 bits per heavy atom. The molecule has 0 N–H and O–H groups in total. The first-order valence-corrected chi connectivity index (χ1v) is 8.31. The third-order valence-electron chi connectivity index (χ3n) is 4.07. The van der Waals surface area contributed by atoms with E-state index in [1.165, 1.54) is 37.6 Å². The smallest absolute Gasteiger partial charge is 0.124 e. The number of nitrogens with zero attached hydrogens (tertiary/aromatic N) is 2. The fourth-order valence-electron chi connectivity index (χ4n) is 3.08. The predicted octanol–water partition coefficient (Wildman–Crippen LogP) is 5.12. The number of rotatable bonds is 3. The minimum atomic E-state index is 0.485. The van der Waals surface area contributed by atoms with Gasteiger partial charge in [0.25, 0.3) is 0 Å². The standard InChI is InChI=1S/C15H18BrClN2/c16-12-6-7-13-14(8-12)19(15(9-17)18-13)10-11-4-2-1-3-5-11/h6-8,11H,1-5,9-10H2. The lowest BCUT2D eigenvalue weighted by atomic mass is 9.89. The molecule has 1 fully saturated rings. The van der Waals surface area contributed by atoms with Crippen molar-refractivity contribution in [2.45, 2.75) is 44.5 Å². The summed E-state index contributed by atoms with van der Waals surface area (Å²) >= 11 is 9.61. The zero-order valence-corrected chi connectivity index (χ0v) is 13.3. The van der Waals surface area contributed by atoms with E-state index in [0.29, 0.717) is 5.88 Å². The SMILES string of the molecule is ClCc1nc2ccc(Br)cc2n1CC1CCCCC1. The van der Waals surface area contributed by atoms with E-state index in [9.17, 15) is 0 Å². The molecule has 2 aromatic rings. The Labute approximate surface area is 127 Å². The van der Waals surface area contributed by atoms with Crippen molar-refractivity contribution >= 4 is 38.6 Å². The third-order valence-corrected chi connectivity index (χ3v) is 4.81. The minimum Gasteiger partial charge on any atom is -0.327 e. The van der Waals surface area contributed by atoms with Gasteiger partial charge in [-0.05, 0) is 37.0 Å². The minimum absolute atomic E-state index is 0.485. The molecule has 4 heteroatoms. The maximum absolute atomic E-state index is 6.07. The lowest BCUT2D eigenvalue weighted by Gasteiger charge is -2.23. The van der Waals surface area contributed by atoms with E-state index in [-0.39, 0.29) is 0 Å². The van der Waals surface area contributed by atoms with Gasteiger partial charge in [-0.3, -0.25) is 0 Å². The van der Waals surface area contributed by atoms with Crippen LogP contribution in [-0.2, 0) is 12.4 Å². The molecule has 19 heavy (non-hydrogen) atoms. The summed E-state index contributed by atoms with van der Waals surface area (Å²) in [4.78, 5) is 4.65. The van der Waals surface area contributed by atoms with Crippen molar-refractivity contribution in [3.05, 3.63) is 28.5 Å². The number of alkyl halides is 1. The van der Waals surface area contributed by atoms with Crippen LogP contribution in [0, 0.1) is 5.92 Å². The molecule has 0 unspecified atom stereocenters. The van der Waals surface area contributed by atoms with Gasteiger partial charge in [-0.1, -0.05) is 35.2 Å². The van der Waals surface area contributed by atoms with Gasteiger partial charge in [0, 0.05) is 11.0 Å². The molecule has 1 aromatic heterocycles. The van der Waals surface area contributed by atoms with Gasteiger partial charge in [-0.2, -0.15) is 0 Å². The van der Waals surface area contributed by atoms with Gasteiger partial charge in [0.2, 0.25) is 0 Å². The van der Waals surface area contributed by atoms with Crippen molar-refractivity contribution in [1.29, 1.82) is 0 Å². The first kappa shape index (κ1) is 13.4. The maximum atomic E-state index is 6.07. The summed E-state index contributed by atoms with van der Waals surface area (Å²) in [5.74, 6) is 2.27. The summed E-state index contributed by atoms with van der Waals surface area (Å²) in [6, 6.07) is 6.26. The fraction of sp³-hybridized carbons (Fsp3) is 0.533. The van der Waals surface area contributed by atoms with Crippen LogP contribution in [0.25, 0.3) is 11.0 Å². The zero-order valence-electron chi connectivity index (χ0n) is 10.9. The molecule has 1 aliphatic rings. The molecule has 0 amide bonds. The van der Waals surface area contributed by atoms with Crippen LogP contribution in [0.4, 0.5) is 0 Å². The molecule has 1 aliphatic carbocycles. The van der Waals surface area contributed by atoms with Crippen LogP contribution in [0.3, 0.4) is 0 Å². The number of aromatic nitrogens is 2. The molecule has 102 valence electrons. The van der Waals surface area contributed by atoms with E-state index < -0.39 is 0 Å². The summed E-state index contributed by atoms with van der Waals surface area (Å²) in [5.41, 5.74) is 2.25. The number of benzene rings is 1. The van der Waals surface area contributed by atoms with Crippen LogP contribution < -0.4 is 0 Å². The molecular weight excluding hydrogens is 324 g/mol. The number of hydrogen-bond acceptors (Lipinski definition) is 1. The Balaban J connectivity index is 1.97.